The Hall–Kier alpha value is -2.78. The summed E-state index contributed by atoms with van der Waals surface area (Å²) in [6.07, 6.45) is 1.41. The van der Waals surface area contributed by atoms with E-state index in [2.05, 4.69) is 0 Å². The number of carbonyl (C=O) groups excluding carboxylic acids is 4. The number of amides is 4. The van der Waals surface area contributed by atoms with Crippen molar-refractivity contribution < 1.29 is 29.0 Å². The maximum absolute atomic E-state index is 13.2. The minimum Gasteiger partial charge on any atom is -0.309 e. The number of imide groups is 2. The number of nitrogens with one attached hydrogen (secondary N) is 2. The summed E-state index contributed by atoms with van der Waals surface area (Å²) in [4.78, 5) is 57.4. The number of nitrogens with zero attached hydrogens (tertiary/aromatic N) is 2. The van der Waals surface area contributed by atoms with Crippen molar-refractivity contribution in [3.63, 3.8) is 0 Å². The first-order valence-corrected chi connectivity index (χ1v) is 11.0. The van der Waals surface area contributed by atoms with Gasteiger partial charge >= 0.3 is 23.6 Å². The van der Waals surface area contributed by atoms with Gasteiger partial charge in [0.15, 0.2) is 0 Å². The number of rotatable bonds is 8. The van der Waals surface area contributed by atoms with Crippen LogP contribution in [0.1, 0.15) is 54.3 Å². The number of hydrogen-bond donors (Lipinski definition) is 2. The zero-order chi connectivity index (χ0) is 23.2. The van der Waals surface area contributed by atoms with E-state index >= 15 is 0 Å². The van der Waals surface area contributed by atoms with Crippen LogP contribution in [-0.4, -0.2) is 87.8 Å². The Morgan fingerprint density at radius 2 is 0.844 bits per heavy atom. The highest BCUT2D eigenvalue weighted by Crippen LogP contribution is 2.32. The van der Waals surface area contributed by atoms with E-state index in [1.54, 1.807) is 24.3 Å². The summed E-state index contributed by atoms with van der Waals surface area (Å²) >= 11 is 0. The lowest BCUT2D eigenvalue weighted by Crippen LogP contribution is -3.18. The summed E-state index contributed by atoms with van der Waals surface area (Å²) in [7, 11) is 7.80. The van der Waals surface area contributed by atoms with E-state index < -0.39 is 0 Å². The molecule has 32 heavy (non-hydrogen) atoms. The van der Waals surface area contributed by atoms with Crippen molar-refractivity contribution in [1.82, 2.24) is 9.80 Å². The Morgan fingerprint density at radius 3 is 1.09 bits per heavy atom. The van der Waals surface area contributed by atoms with Gasteiger partial charge in [-0.05, 0) is 52.5 Å². The van der Waals surface area contributed by atoms with Gasteiger partial charge in [0.2, 0.25) is 0 Å². The second kappa shape index (κ2) is 8.63. The lowest BCUT2D eigenvalue weighted by atomic mass is 9.86. The molecular weight excluding hydrogens is 408 g/mol. The molecule has 0 unspecified atom stereocenters. The first-order chi connectivity index (χ1) is 15.2. The molecule has 0 atom stereocenters. The average molecular weight is 439 g/mol. The third-order valence-corrected chi connectivity index (χ3v) is 6.30. The molecule has 8 heteroatoms. The first kappa shape index (κ1) is 22.4. The zero-order valence-electron chi connectivity index (χ0n) is 19.1. The molecule has 0 saturated carbocycles. The van der Waals surface area contributed by atoms with Gasteiger partial charge in [0.05, 0.1) is 35.3 Å². The first-order valence-electron chi connectivity index (χ1n) is 11.0. The molecule has 168 valence electrons. The largest absolute Gasteiger partial charge is 0.352 e. The molecule has 0 saturated heterocycles. The van der Waals surface area contributed by atoms with Crippen molar-refractivity contribution in [3.05, 3.63) is 46.5 Å². The summed E-state index contributed by atoms with van der Waals surface area (Å²) in [5.41, 5.74) is 1.65. The lowest BCUT2D eigenvalue weighted by molar-refractivity contribution is -0.724. The van der Waals surface area contributed by atoms with Crippen LogP contribution in [0.25, 0.3) is 10.8 Å². The van der Waals surface area contributed by atoms with Crippen LogP contribution in [0.4, 0.5) is 0 Å². The van der Waals surface area contributed by atoms with Crippen molar-refractivity contribution in [1.29, 1.82) is 0 Å². The highest BCUT2D eigenvalue weighted by atomic mass is 16.2. The molecule has 4 rings (SSSR count). The summed E-state index contributed by atoms with van der Waals surface area (Å²) in [6.45, 7) is 2.36. The molecule has 0 radical (unpaired) electrons. The van der Waals surface area contributed by atoms with Gasteiger partial charge in [-0.3, -0.25) is 0 Å². The molecule has 0 aliphatic carbocycles. The van der Waals surface area contributed by atoms with E-state index in [9.17, 15) is 19.2 Å². The van der Waals surface area contributed by atoms with Crippen LogP contribution in [-0.2, 0) is 0 Å². The van der Waals surface area contributed by atoms with Gasteiger partial charge in [-0.25, -0.2) is 29.0 Å². The maximum Gasteiger partial charge on any atom is 0.352 e. The standard InChI is InChI=1S/C24H28N4O4/c1-25(2)11-5-13-27-21(29)15-7-9-17-20-18(10-8-16(19(15)20)22(27)30)24(32)28(23(17)31)14-6-12-26(3)4/h7-10H,5-6,11-14H2,1-4H3/p+2. The van der Waals surface area contributed by atoms with E-state index in [1.165, 1.54) is 0 Å². The number of carbonyl (C=O) groups is 4. The molecule has 2 heterocycles. The Kier molecular flexibility index (Phi) is 6.05. The van der Waals surface area contributed by atoms with Gasteiger partial charge in [0, 0.05) is 36.7 Å². The Morgan fingerprint density at radius 1 is 0.562 bits per heavy atom. The predicted octanol–water partition coefficient (Wildman–Crippen LogP) is -0.899. The number of benzene rings is 2. The van der Waals surface area contributed by atoms with Crippen LogP contribution in [0.2, 0.25) is 0 Å². The maximum atomic E-state index is 13.2. The molecule has 2 aliphatic heterocycles. The third-order valence-electron chi connectivity index (χ3n) is 6.30. The highest BCUT2D eigenvalue weighted by molar-refractivity contribution is 6.27. The van der Waals surface area contributed by atoms with Crippen LogP contribution < -0.4 is 9.80 Å². The van der Waals surface area contributed by atoms with E-state index in [1.807, 2.05) is 38.0 Å². The van der Waals surface area contributed by atoms with Crippen molar-refractivity contribution in [2.45, 2.75) is 12.8 Å². The van der Waals surface area contributed by atoms with Gasteiger partial charge in [-0.1, -0.05) is 0 Å². The molecule has 0 aromatic heterocycles. The molecule has 8 nitrogen and oxygen atoms in total. The lowest BCUT2D eigenvalue weighted by Gasteiger charge is -2.27. The van der Waals surface area contributed by atoms with Crippen LogP contribution in [0.15, 0.2) is 24.3 Å². The van der Waals surface area contributed by atoms with Crippen LogP contribution >= 0.6 is 0 Å². The molecule has 0 bridgehead atoms. The SMILES string of the molecule is CN(C)CCC[NH+]1C(=O)c2ccc3c4c(ccc(c24)C1=O)C(=O)[NH+](CCCN(C)C)C3=O. The van der Waals surface area contributed by atoms with Crippen LogP contribution in [0.3, 0.4) is 0 Å². The second-order valence-electron chi connectivity index (χ2n) is 9.16. The number of hydrogen-bond acceptors (Lipinski definition) is 6. The number of quaternary nitrogens is 2. The fraction of sp³-hybridized carbons (Fsp3) is 0.417. The van der Waals surface area contributed by atoms with Gasteiger partial charge < -0.3 is 9.80 Å². The monoisotopic (exact) mass is 438 g/mol. The summed E-state index contributed by atoms with van der Waals surface area (Å²) < 4.78 is 0. The molecule has 2 N–H and O–H groups in total. The van der Waals surface area contributed by atoms with E-state index in [4.69, 9.17) is 0 Å². The smallest absolute Gasteiger partial charge is 0.309 e. The minimum atomic E-state index is -0.286. The molecule has 4 amide bonds. The fourth-order valence-corrected chi connectivity index (χ4v) is 4.71. The van der Waals surface area contributed by atoms with Gasteiger partial charge in [-0.15, -0.1) is 0 Å². The van der Waals surface area contributed by atoms with Gasteiger partial charge in [0.1, 0.15) is 0 Å². The Balaban J connectivity index is 1.73. The summed E-state index contributed by atoms with van der Waals surface area (Å²) in [6, 6.07) is 6.60. The third kappa shape index (κ3) is 3.69. The highest BCUT2D eigenvalue weighted by Gasteiger charge is 2.44. The molecule has 0 spiro atoms. The van der Waals surface area contributed by atoms with E-state index in [-0.39, 0.29) is 33.4 Å². The predicted molar refractivity (Wildman–Crippen MR) is 119 cm³/mol. The average Bonchev–Trinajstić information content (AvgIpc) is 2.74. The topological polar surface area (TPSA) is 83.6 Å². The van der Waals surface area contributed by atoms with Crippen molar-refractivity contribution in [2.75, 3.05) is 54.4 Å². The van der Waals surface area contributed by atoms with Crippen molar-refractivity contribution in [2.24, 2.45) is 0 Å². The Labute approximate surface area is 187 Å². The van der Waals surface area contributed by atoms with E-state index in [0.717, 1.165) is 13.1 Å². The Bertz CT molecular complexity index is 979. The second-order valence-corrected chi connectivity index (χ2v) is 9.16. The van der Waals surface area contributed by atoms with Crippen LogP contribution in [0, 0.1) is 0 Å². The van der Waals surface area contributed by atoms with Gasteiger partial charge in [-0.2, -0.15) is 0 Å². The molecule has 2 aromatic carbocycles. The quantitative estimate of drug-likeness (QED) is 0.520. The zero-order valence-corrected chi connectivity index (χ0v) is 19.1. The molecular formula is C24H30N4O4+2. The molecule has 0 fully saturated rings. The summed E-state index contributed by atoms with van der Waals surface area (Å²) in [5.74, 6) is -1.15. The molecule has 2 aliphatic rings. The summed E-state index contributed by atoms with van der Waals surface area (Å²) in [5, 5.41) is 0.917. The van der Waals surface area contributed by atoms with E-state index in [0.29, 0.717) is 59.0 Å². The normalized spacial score (nSPS) is 16.8. The van der Waals surface area contributed by atoms with Crippen LogP contribution in [0.5, 0.6) is 0 Å². The van der Waals surface area contributed by atoms with Gasteiger partial charge in [0.25, 0.3) is 0 Å². The minimum absolute atomic E-state index is 0.284. The fourth-order valence-electron chi connectivity index (χ4n) is 4.71. The molecule has 2 aromatic rings. The van der Waals surface area contributed by atoms with Crippen molar-refractivity contribution >= 4 is 34.4 Å². The van der Waals surface area contributed by atoms with Crippen molar-refractivity contribution in [3.8, 4) is 0 Å².